The lowest BCUT2D eigenvalue weighted by Gasteiger charge is -2.56. The monoisotopic (exact) mass is 328 g/mol. The Labute approximate surface area is 148 Å². The first-order valence-corrected chi connectivity index (χ1v) is 10.9. The lowest BCUT2D eigenvalue weighted by atomic mass is 9.53. The molecule has 0 aromatic rings. The summed E-state index contributed by atoms with van der Waals surface area (Å²) in [4.78, 5) is 0. The summed E-state index contributed by atoms with van der Waals surface area (Å²) in [6.45, 7) is 1.20. The van der Waals surface area contributed by atoms with E-state index in [1.54, 1.807) is 6.42 Å². The molecule has 2 heteroatoms. The normalized spacial score (nSPS) is 49.5. The Bertz CT molecular complexity index is 435. The van der Waals surface area contributed by atoms with Gasteiger partial charge in [-0.05, 0) is 93.3 Å². The molecule has 2 unspecified atom stereocenters. The van der Waals surface area contributed by atoms with Crippen LogP contribution in [0.4, 0.5) is 0 Å². The Balaban J connectivity index is 1.09. The SMILES string of the molecule is C(=C/NC12CC3CC(CC(C3)C1)C2)/NCC1CC2CCCC(C2)C1. The largest absolute Gasteiger partial charge is 0.389 e. The van der Waals surface area contributed by atoms with Crippen molar-refractivity contribution in [3.8, 4) is 0 Å². The van der Waals surface area contributed by atoms with Crippen molar-refractivity contribution in [1.82, 2.24) is 10.6 Å². The number of fused-ring (bicyclic) bond motifs is 2. The number of nitrogens with one attached hydrogen (secondary N) is 2. The van der Waals surface area contributed by atoms with Crippen LogP contribution in [0.15, 0.2) is 12.4 Å². The maximum absolute atomic E-state index is 3.86. The number of rotatable bonds is 5. The van der Waals surface area contributed by atoms with E-state index < -0.39 is 0 Å². The number of hydrogen-bond acceptors (Lipinski definition) is 2. The van der Waals surface area contributed by atoms with Crippen molar-refractivity contribution >= 4 is 0 Å². The highest BCUT2D eigenvalue weighted by molar-refractivity contribution is 5.08. The highest BCUT2D eigenvalue weighted by Crippen LogP contribution is 2.55. The lowest BCUT2D eigenvalue weighted by molar-refractivity contribution is -0.0130. The molecule has 0 spiro atoms. The van der Waals surface area contributed by atoms with Crippen LogP contribution in [0.2, 0.25) is 0 Å². The van der Waals surface area contributed by atoms with Gasteiger partial charge in [0.2, 0.25) is 0 Å². The Morgan fingerprint density at radius 1 is 0.708 bits per heavy atom. The van der Waals surface area contributed by atoms with Crippen molar-refractivity contribution in [2.75, 3.05) is 6.54 Å². The maximum Gasteiger partial charge on any atom is 0.0376 e. The summed E-state index contributed by atoms with van der Waals surface area (Å²) in [5.74, 6) is 6.14. The molecule has 6 aliphatic carbocycles. The second-order valence-corrected chi connectivity index (χ2v) is 10.3. The fourth-order valence-corrected chi connectivity index (χ4v) is 7.84. The minimum Gasteiger partial charge on any atom is -0.389 e. The van der Waals surface area contributed by atoms with Gasteiger partial charge in [-0.15, -0.1) is 0 Å². The molecule has 6 bridgehead atoms. The molecule has 0 aromatic heterocycles. The van der Waals surface area contributed by atoms with E-state index in [9.17, 15) is 0 Å². The van der Waals surface area contributed by atoms with Crippen molar-refractivity contribution in [1.29, 1.82) is 0 Å². The standard InChI is InChI=1S/C22H36N2/c1-2-16-6-17(3-1)8-21(7-16)15-23-4-5-24-22-12-18-9-19(13-22)11-20(10-18)14-22/h4-5,16-21,23-24H,1-3,6-15H2/b5-4-. The number of hydrogen-bond donors (Lipinski definition) is 2. The zero-order valence-corrected chi connectivity index (χ0v) is 15.3. The van der Waals surface area contributed by atoms with Gasteiger partial charge in [-0.1, -0.05) is 19.3 Å². The summed E-state index contributed by atoms with van der Waals surface area (Å²) in [6, 6.07) is 0. The van der Waals surface area contributed by atoms with E-state index in [0.29, 0.717) is 5.54 Å². The van der Waals surface area contributed by atoms with Gasteiger partial charge in [-0.2, -0.15) is 0 Å². The van der Waals surface area contributed by atoms with Crippen LogP contribution < -0.4 is 10.6 Å². The Morgan fingerprint density at radius 2 is 1.29 bits per heavy atom. The molecule has 6 rings (SSSR count). The van der Waals surface area contributed by atoms with Gasteiger partial charge in [-0.25, -0.2) is 0 Å². The molecule has 24 heavy (non-hydrogen) atoms. The van der Waals surface area contributed by atoms with Crippen molar-refractivity contribution in [3.05, 3.63) is 12.4 Å². The highest BCUT2D eigenvalue weighted by Gasteiger charge is 2.50. The fourth-order valence-electron chi connectivity index (χ4n) is 7.84. The molecule has 134 valence electrons. The molecule has 0 aliphatic heterocycles. The minimum atomic E-state index is 0.467. The van der Waals surface area contributed by atoms with E-state index in [-0.39, 0.29) is 0 Å². The van der Waals surface area contributed by atoms with E-state index in [4.69, 9.17) is 0 Å². The Kier molecular flexibility index (Phi) is 4.06. The molecule has 6 fully saturated rings. The summed E-state index contributed by atoms with van der Waals surface area (Å²) in [6.07, 6.45) is 22.4. The summed E-state index contributed by atoms with van der Waals surface area (Å²) < 4.78 is 0. The van der Waals surface area contributed by atoms with Gasteiger partial charge < -0.3 is 10.6 Å². The molecule has 0 heterocycles. The third-order valence-electron chi connectivity index (χ3n) is 8.26. The second kappa shape index (κ2) is 6.25. The zero-order chi connectivity index (χ0) is 16.0. The van der Waals surface area contributed by atoms with Crippen LogP contribution in [0.1, 0.15) is 77.0 Å². The first-order valence-electron chi connectivity index (χ1n) is 10.9. The zero-order valence-electron chi connectivity index (χ0n) is 15.3. The molecule has 2 atom stereocenters. The molecule has 6 aliphatic rings. The quantitative estimate of drug-likeness (QED) is 0.756. The Morgan fingerprint density at radius 3 is 1.92 bits per heavy atom. The molecular weight excluding hydrogens is 292 g/mol. The molecule has 0 amide bonds. The van der Waals surface area contributed by atoms with Gasteiger partial charge in [0, 0.05) is 24.5 Å². The van der Waals surface area contributed by atoms with Gasteiger partial charge in [0.25, 0.3) is 0 Å². The lowest BCUT2D eigenvalue weighted by Crippen LogP contribution is -2.56. The van der Waals surface area contributed by atoms with Crippen LogP contribution in [-0.4, -0.2) is 12.1 Å². The molecular formula is C22H36N2. The van der Waals surface area contributed by atoms with Gasteiger partial charge in [0.1, 0.15) is 0 Å². The van der Waals surface area contributed by atoms with Crippen LogP contribution in [0, 0.1) is 35.5 Å². The predicted octanol–water partition coefficient (Wildman–Crippen LogP) is 4.82. The van der Waals surface area contributed by atoms with Crippen LogP contribution in [-0.2, 0) is 0 Å². The Hall–Kier alpha value is -0.660. The molecule has 2 N–H and O–H groups in total. The van der Waals surface area contributed by atoms with E-state index in [1.165, 1.54) is 77.2 Å². The summed E-state index contributed by atoms with van der Waals surface area (Å²) in [5, 5.41) is 7.50. The fraction of sp³-hybridized carbons (Fsp3) is 0.909. The third-order valence-corrected chi connectivity index (χ3v) is 8.26. The highest BCUT2D eigenvalue weighted by atomic mass is 15.0. The van der Waals surface area contributed by atoms with E-state index in [1.807, 2.05) is 0 Å². The topological polar surface area (TPSA) is 24.1 Å². The second-order valence-electron chi connectivity index (χ2n) is 10.3. The average molecular weight is 329 g/mol. The van der Waals surface area contributed by atoms with Crippen molar-refractivity contribution in [2.24, 2.45) is 35.5 Å². The van der Waals surface area contributed by atoms with Crippen molar-refractivity contribution < 1.29 is 0 Å². The van der Waals surface area contributed by atoms with Gasteiger partial charge >= 0.3 is 0 Å². The van der Waals surface area contributed by atoms with Gasteiger partial charge in [0.15, 0.2) is 0 Å². The molecule has 2 nitrogen and oxygen atoms in total. The summed E-state index contributed by atoms with van der Waals surface area (Å²) in [7, 11) is 0. The van der Waals surface area contributed by atoms with Crippen LogP contribution in [0.5, 0.6) is 0 Å². The molecule has 0 saturated heterocycles. The van der Waals surface area contributed by atoms with Gasteiger partial charge in [-0.3, -0.25) is 0 Å². The van der Waals surface area contributed by atoms with E-state index >= 15 is 0 Å². The van der Waals surface area contributed by atoms with Crippen LogP contribution >= 0.6 is 0 Å². The molecule has 0 aromatic carbocycles. The van der Waals surface area contributed by atoms with E-state index in [0.717, 1.165) is 35.5 Å². The first kappa shape index (κ1) is 15.6. The minimum absolute atomic E-state index is 0.467. The van der Waals surface area contributed by atoms with Crippen LogP contribution in [0.25, 0.3) is 0 Å². The molecule has 0 radical (unpaired) electrons. The van der Waals surface area contributed by atoms with Crippen molar-refractivity contribution in [2.45, 2.75) is 82.6 Å². The molecule has 6 saturated carbocycles. The van der Waals surface area contributed by atoms with Gasteiger partial charge in [0.05, 0.1) is 0 Å². The average Bonchev–Trinajstić information content (AvgIpc) is 2.53. The maximum atomic E-state index is 3.86. The predicted molar refractivity (Wildman–Crippen MR) is 99.4 cm³/mol. The first-order chi connectivity index (χ1) is 11.8. The van der Waals surface area contributed by atoms with Crippen molar-refractivity contribution in [3.63, 3.8) is 0 Å². The smallest absolute Gasteiger partial charge is 0.0376 e. The summed E-state index contributed by atoms with van der Waals surface area (Å²) >= 11 is 0. The van der Waals surface area contributed by atoms with Crippen LogP contribution in [0.3, 0.4) is 0 Å². The summed E-state index contributed by atoms with van der Waals surface area (Å²) in [5.41, 5.74) is 0.467. The third kappa shape index (κ3) is 3.10. The van der Waals surface area contributed by atoms with E-state index in [2.05, 4.69) is 23.0 Å².